The smallest absolute Gasteiger partial charge is 0.253 e. The van der Waals surface area contributed by atoms with Gasteiger partial charge in [-0.25, -0.2) is 0 Å². The zero-order valence-electron chi connectivity index (χ0n) is 11.0. The fourth-order valence-corrected chi connectivity index (χ4v) is 2.48. The maximum atomic E-state index is 12.3. The molecule has 0 spiro atoms. The van der Waals surface area contributed by atoms with Crippen molar-refractivity contribution in [1.82, 2.24) is 4.90 Å². The Morgan fingerprint density at radius 2 is 1.89 bits per heavy atom. The number of carbonyl (C=O) groups is 1. The van der Waals surface area contributed by atoms with Gasteiger partial charge in [0, 0.05) is 24.7 Å². The molecule has 1 aliphatic heterocycles. The number of halogens is 1. The van der Waals surface area contributed by atoms with Gasteiger partial charge in [-0.3, -0.25) is 4.79 Å². The predicted molar refractivity (Wildman–Crippen MR) is 76.3 cm³/mol. The third-order valence-electron chi connectivity index (χ3n) is 3.21. The van der Waals surface area contributed by atoms with Gasteiger partial charge in [-0.2, -0.15) is 0 Å². The highest BCUT2D eigenvalue weighted by molar-refractivity contribution is 5.94. The van der Waals surface area contributed by atoms with Crippen LogP contribution in [-0.4, -0.2) is 29.9 Å². The average molecular weight is 269 g/mol. The van der Waals surface area contributed by atoms with E-state index >= 15 is 0 Å². The number of rotatable bonds is 1. The summed E-state index contributed by atoms with van der Waals surface area (Å²) in [5.41, 5.74) is 8.96. The summed E-state index contributed by atoms with van der Waals surface area (Å²) in [4.78, 5) is 14.2. The first-order chi connectivity index (χ1) is 8.06. The van der Waals surface area contributed by atoms with E-state index in [9.17, 15) is 4.79 Å². The van der Waals surface area contributed by atoms with E-state index in [1.165, 1.54) is 0 Å². The molecule has 0 aromatic heterocycles. The number of nitrogens with two attached hydrogens (primary N) is 1. The highest BCUT2D eigenvalue weighted by Crippen LogP contribution is 2.15. The Morgan fingerprint density at radius 1 is 1.28 bits per heavy atom. The molecule has 0 aliphatic carbocycles. The molecule has 1 amide bonds. The molecule has 100 valence electrons. The van der Waals surface area contributed by atoms with Gasteiger partial charge in [-0.05, 0) is 38.8 Å². The number of carbonyl (C=O) groups excluding carboxylic acids is 1. The lowest BCUT2D eigenvalue weighted by atomic mass is 10.0. The molecule has 0 saturated carbocycles. The Bertz CT molecular complexity index is 414. The third kappa shape index (κ3) is 3.47. The van der Waals surface area contributed by atoms with E-state index in [4.69, 9.17) is 5.73 Å². The third-order valence-corrected chi connectivity index (χ3v) is 3.21. The molecule has 1 heterocycles. The maximum Gasteiger partial charge on any atom is 0.253 e. The summed E-state index contributed by atoms with van der Waals surface area (Å²) < 4.78 is 0. The Kier molecular flexibility index (Phi) is 5.17. The number of aryl methyl sites for hydroxylation is 2. The van der Waals surface area contributed by atoms with Gasteiger partial charge < -0.3 is 10.6 Å². The largest absolute Gasteiger partial charge is 0.337 e. The zero-order valence-corrected chi connectivity index (χ0v) is 11.8. The average Bonchev–Trinajstić information content (AvgIpc) is 2.26. The lowest BCUT2D eigenvalue weighted by Gasteiger charge is -2.31. The van der Waals surface area contributed by atoms with Gasteiger partial charge in [0.2, 0.25) is 0 Å². The number of hydrogen-bond acceptors (Lipinski definition) is 2. The molecule has 2 rings (SSSR count). The number of likely N-dealkylation sites (tertiary alicyclic amines) is 1. The van der Waals surface area contributed by atoms with E-state index in [1.54, 1.807) is 0 Å². The minimum atomic E-state index is 0. The van der Waals surface area contributed by atoms with E-state index < -0.39 is 0 Å². The van der Waals surface area contributed by atoms with E-state index in [1.807, 2.05) is 30.9 Å². The lowest BCUT2D eigenvalue weighted by molar-refractivity contribution is 0.0708. The van der Waals surface area contributed by atoms with Crippen molar-refractivity contribution < 1.29 is 4.79 Å². The molecule has 1 unspecified atom stereocenters. The van der Waals surface area contributed by atoms with Crippen LogP contribution in [0.2, 0.25) is 0 Å². The van der Waals surface area contributed by atoms with Crippen molar-refractivity contribution >= 4 is 18.3 Å². The van der Waals surface area contributed by atoms with Gasteiger partial charge in [0.1, 0.15) is 0 Å². The van der Waals surface area contributed by atoms with Crippen LogP contribution in [0.4, 0.5) is 0 Å². The second-order valence-corrected chi connectivity index (χ2v) is 5.03. The summed E-state index contributed by atoms with van der Waals surface area (Å²) in [6, 6.07) is 6.13. The molecule has 1 aromatic carbocycles. The number of amides is 1. The standard InChI is InChI=1S/C14H20N2O.ClH/c1-10-6-11(2)8-12(7-10)14(17)16-5-3-4-13(15)9-16;/h6-8,13H,3-5,9,15H2,1-2H3;1H. The monoisotopic (exact) mass is 268 g/mol. The number of hydrogen-bond donors (Lipinski definition) is 1. The van der Waals surface area contributed by atoms with Gasteiger partial charge in [0.15, 0.2) is 0 Å². The summed E-state index contributed by atoms with van der Waals surface area (Å²) >= 11 is 0. The van der Waals surface area contributed by atoms with Crippen molar-refractivity contribution in [2.24, 2.45) is 5.73 Å². The fraction of sp³-hybridized carbons (Fsp3) is 0.500. The number of piperidine rings is 1. The molecule has 4 heteroatoms. The lowest BCUT2D eigenvalue weighted by Crippen LogP contribution is -2.45. The van der Waals surface area contributed by atoms with Crippen molar-refractivity contribution in [3.05, 3.63) is 34.9 Å². The minimum absolute atomic E-state index is 0. The quantitative estimate of drug-likeness (QED) is 0.849. The summed E-state index contributed by atoms with van der Waals surface area (Å²) in [5, 5.41) is 0. The van der Waals surface area contributed by atoms with Crippen LogP contribution < -0.4 is 5.73 Å². The van der Waals surface area contributed by atoms with Gasteiger partial charge >= 0.3 is 0 Å². The van der Waals surface area contributed by atoms with Crippen molar-refractivity contribution in [2.75, 3.05) is 13.1 Å². The second-order valence-electron chi connectivity index (χ2n) is 5.03. The van der Waals surface area contributed by atoms with Gasteiger partial charge in [0.05, 0.1) is 0 Å². The molecule has 1 saturated heterocycles. The Labute approximate surface area is 115 Å². The van der Waals surface area contributed by atoms with Crippen LogP contribution in [0.3, 0.4) is 0 Å². The van der Waals surface area contributed by atoms with Crippen molar-refractivity contribution in [1.29, 1.82) is 0 Å². The first-order valence-electron chi connectivity index (χ1n) is 6.19. The fourth-order valence-electron chi connectivity index (χ4n) is 2.48. The van der Waals surface area contributed by atoms with Crippen LogP contribution in [0, 0.1) is 13.8 Å². The summed E-state index contributed by atoms with van der Waals surface area (Å²) in [6.07, 6.45) is 2.04. The SMILES string of the molecule is Cc1cc(C)cc(C(=O)N2CCCC(N)C2)c1.Cl. The molecule has 2 N–H and O–H groups in total. The summed E-state index contributed by atoms with van der Waals surface area (Å²) in [5.74, 6) is 0.118. The first kappa shape index (κ1) is 15.0. The summed E-state index contributed by atoms with van der Waals surface area (Å²) in [6.45, 7) is 5.56. The summed E-state index contributed by atoms with van der Waals surface area (Å²) in [7, 11) is 0. The molecule has 3 nitrogen and oxygen atoms in total. The second kappa shape index (κ2) is 6.21. The van der Waals surface area contributed by atoms with E-state index in [0.29, 0.717) is 6.54 Å². The maximum absolute atomic E-state index is 12.3. The molecule has 18 heavy (non-hydrogen) atoms. The number of nitrogens with zero attached hydrogens (tertiary/aromatic N) is 1. The molecule has 1 atom stereocenters. The van der Waals surface area contributed by atoms with Gasteiger partial charge in [0.25, 0.3) is 5.91 Å². The molecular weight excluding hydrogens is 248 g/mol. The van der Waals surface area contributed by atoms with Crippen LogP contribution in [-0.2, 0) is 0 Å². The van der Waals surface area contributed by atoms with Crippen LogP contribution in [0.5, 0.6) is 0 Å². The van der Waals surface area contributed by atoms with Gasteiger partial charge in [-0.15, -0.1) is 12.4 Å². The van der Waals surface area contributed by atoms with Gasteiger partial charge in [-0.1, -0.05) is 17.2 Å². The Balaban J connectivity index is 0.00000162. The molecular formula is C14H21ClN2O. The molecule has 1 aliphatic rings. The van der Waals surface area contributed by atoms with Crippen molar-refractivity contribution in [3.8, 4) is 0 Å². The molecule has 0 radical (unpaired) electrons. The number of benzene rings is 1. The topological polar surface area (TPSA) is 46.3 Å². The van der Waals surface area contributed by atoms with E-state index in [0.717, 1.165) is 36.1 Å². The van der Waals surface area contributed by atoms with Crippen LogP contribution in [0.15, 0.2) is 18.2 Å². The normalized spacial score (nSPS) is 19.3. The highest BCUT2D eigenvalue weighted by Gasteiger charge is 2.22. The molecule has 1 aromatic rings. The van der Waals surface area contributed by atoms with Crippen molar-refractivity contribution in [3.63, 3.8) is 0 Å². The van der Waals surface area contributed by atoms with Crippen LogP contribution in [0.25, 0.3) is 0 Å². The van der Waals surface area contributed by atoms with Crippen LogP contribution in [0.1, 0.15) is 34.3 Å². The van der Waals surface area contributed by atoms with E-state index in [2.05, 4.69) is 6.07 Å². The predicted octanol–water partition coefficient (Wildman–Crippen LogP) is 2.29. The van der Waals surface area contributed by atoms with Crippen molar-refractivity contribution in [2.45, 2.75) is 32.7 Å². The van der Waals surface area contributed by atoms with Crippen LogP contribution >= 0.6 is 12.4 Å². The Hall–Kier alpha value is -1.06. The molecule has 0 bridgehead atoms. The Morgan fingerprint density at radius 3 is 2.44 bits per heavy atom. The zero-order chi connectivity index (χ0) is 12.4. The van der Waals surface area contributed by atoms with E-state index in [-0.39, 0.29) is 24.4 Å². The minimum Gasteiger partial charge on any atom is -0.337 e. The highest BCUT2D eigenvalue weighted by atomic mass is 35.5. The molecule has 1 fully saturated rings. The first-order valence-corrected chi connectivity index (χ1v) is 6.19.